The first-order chi connectivity index (χ1) is 20.8. The first-order valence-electron chi connectivity index (χ1n) is 14.6. The second-order valence-corrected chi connectivity index (χ2v) is 10.9. The molecule has 0 bridgehead atoms. The van der Waals surface area contributed by atoms with Crippen LogP contribution in [0.3, 0.4) is 0 Å². The van der Waals surface area contributed by atoms with Gasteiger partial charge < -0.3 is 0 Å². The summed E-state index contributed by atoms with van der Waals surface area (Å²) in [6.07, 6.45) is 12.7. The van der Waals surface area contributed by atoms with Crippen molar-refractivity contribution in [2.45, 2.75) is 25.7 Å². The molecule has 4 nitrogen and oxygen atoms in total. The molecule has 0 radical (unpaired) electrons. The summed E-state index contributed by atoms with van der Waals surface area (Å²) in [5.74, 6) is 0.792. The molecule has 2 aliphatic carbocycles. The molecule has 0 spiro atoms. The average molecular weight is 541 g/mol. The van der Waals surface area contributed by atoms with Crippen LogP contribution in [0.1, 0.15) is 42.0 Å². The third-order valence-electron chi connectivity index (χ3n) is 8.29. The zero-order valence-electron chi connectivity index (χ0n) is 23.2. The molecule has 42 heavy (non-hydrogen) atoms. The summed E-state index contributed by atoms with van der Waals surface area (Å²) in [6, 6.07) is 33.7. The number of aromatic nitrogens is 4. The van der Waals surface area contributed by atoms with Gasteiger partial charge in [0.15, 0.2) is 5.82 Å². The Balaban J connectivity index is 1.14. The largest absolute Gasteiger partial charge is 0.248 e. The fraction of sp³-hybridized carbons (Fsp3) is 0.105. The first-order valence-corrected chi connectivity index (χ1v) is 14.6. The van der Waals surface area contributed by atoms with Gasteiger partial charge >= 0.3 is 0 Å². The van der Waals surface area contributed by atoms with Gasteiger partial charge in [-0.15, -0.1) is 0 Å². The Morgan fingerprint density at radius 2 is 1.29 bits per heavy atom. The molecule has 0 N–H and O–H groups in total. The summed E-state index contributed by atoms with van der Waals surface area (Å²) >= 11 is 0. The van der Waals surface area contributed by atoms with E-state index in [1.165, 1.54) is 11.1 Å². The number of allylic oxidation sites excluding steroid dienone is 5. The summed E-state index contributed by atoms with van der Waals surface area (Å²) in [7, 11) is 0. The minimum Gasteiger partial charge on any atom is -0.248 e. The summed E-state index contributed by atoms with van der Waals surface area (Å²) in [4.78, 5) is 20.0. The van der Waals surface area contributed by atoms with Gasteiger partial charge in [-0.05, 0) is 72.7 Å². The summed E-state index contributed by atoms with van der Waals surface area (Å²) in [5, 5.41) is 2.20. The van der Waals surface area contributed by atoms with Gasteiger partial charge in [-0.25, -0.2) is 19.9 Å². The minimum absolute atomic E-state index is 0.792. The highest BCUT2D eigenvalue weighted by atomic mass is 14.9. The Labute approximate surface area is 244 Å². The molecule has 0 saturated heterocycles. The monoisotopic (exact) mass is 540 g/mol. The van der Waals surface area contributed by atoms with Crippen LogP contribution in [-0.4, -0.2) is 19.9 Å². The lowest BCUT2D eigenvalue weighted by Crippen LogP contribution is -2.03. The normalized spacial score (nSPS) is 14.5. The molecule has 0 atom stereocenters. The fourth-order valence-electron chi connectivity index (χ4n) is 5.97. The van der Waals surface area contributed by atoms with Crippen molar-refractivity contribution in [3.8, 4) is 22.5 Å². The number of hydrogen-bond acceptors (Lipinski definition) is 4. The van der Waals surface area contributed by atoms with E-state index in [0.29, 0.717) is 0 Å². The maximum Gasteiger partial charge on any atom is 0.156 e. The predicted molar refractivity (Wildman–Crippen MR) is 172 cm³/mol. The van der Waals surface area contributed by atoms with Gasteiger partial charge in [-0.3, -0.25) is 0 Å². The maximum atomic E-state index is 5.14. The lowest BCUT2D eigenvalue weighted by atomic mass is 9.93. The van der Waals surface area contributed by atoms with Gasteiger partial charge in [-0.1, -0.05) is 91.0 Å². The van der Waals surface area contributed by atoms with Crippen LogP contribution in [-0.2, 0) is 6.42 Å². The van der Waals surface area contributed by atoms with Crippen molar-refractivity contribution in [2.24, 2.45) is 0 Å². The lowest BCUT2D eigenvalue weighted by Gasteiger charge is -2.17. The summed E-state index contributed by atoms with van der Waals surface area (Å²) < 4.78 is 0. The minimum atomic E-state index is 0.792. The van der Waals surface area contributed by atoms with Crippen molar-refractivity contribution in [1.82, 2.24) is 19.9 Å². The number of fused-ring (bicyclic) bond motifs is 3. The highest BCUT2D eigenvalue weighted by Crippen LogP contribution is 2.34. The zero-order chi connectivity index (χ0) is 27.9. The van der Waals surface area contributed by atoms with E-state index in [4.69, 9.17) is 19.9 Å². The van der Waals surface area contributed by atoms with E-state index in [1.54, 1.807) is 0 Å². The molecule has 6 aromatic rings. The quantitative estimate of drug-likeness (QED) is 0.224. The van der Waals surface area contributed by atoms with Crippen LogP contribution in [0.4, 0.5) is 0 Å². The van der Waals surface area contributed by atoms with Gasteiger partial charge in [0.2, 0.25) is 0 Å². The second kappa shape index (κ2) is 10.3. The first kappa shape index (κ1) is 24.6. The highest BCUT2D eigenvalue weighted by Gasteiger charge is 2.17. The van der Waals surface area contributed by atoms with E-state index in [2.05, 4.69) is 103 Å². The standard InChI is InChI=1S/C38H28N4/c1-4-10-32-25(7-1)21-23-34(39-32)27-13-17-29(18-14-27)37-31-9-3-6-12-36(31)41-38(42-37)30-19-15-28(16-20-30)35-24-22-26-8-2-5-11-33(26)40-35/h1,3-7,9-15,17-19,21-24H,2,8,16,20H2. The van der Waals surface area contributed by atoms with Crippen LogP contribution in [0.5, 0.6) is 0 Å². The fourth-order valence-corrected chi connectivity index (χ4v) is 5.97. The summed E-state index contributed by atoms with van der Waals surface area (Å²) in [6.45, 7) is 0. The smallest absolute Gasteiger partial charge is 0.156 e. The number of pyridine rings is 2. The van der Waals surface area contributed by atoms with Crippen molar-refractivity contribution < 1.29 is 0 Å². The molecule has 2 aliphatic rings. The van der Waals surface area contributed by atoms with Crippen LogP contribution >= 0.6 is 0 Å². The van der Waals surface area contributed by atoms with Gasteiger partial charge in [0.25, 0.3) is 0 Å². The third-order valence-corrected chi connectivity index (χ3v) is 8.29. The molecule has 0 fully saturated rings. The number of hydrogen-bond donors (Lipinski definition) is 0. The molecule has 3 heterocycles. The topological polar surface area (TPSA) is 51.6 Å². The molecule has 3 aromatic heterocycles. The van der Waals surface area contributed by atoms with E-state index < -0.39 is 0 Å². The molecule has 0 saturated carbocycles. The van der Waals surface area contributed by atoms with E-state index in [-0.39, 0.29) is 0 Å². The molecule has 0 amide bonds. The summed E-state index contributed by atoms with van der Waals surface area (Å²) in [5.41, 5.74) is 12.0. The number of benzene rings is 3. The molecule has 8 rings (SSSR count). The Morgan fingerprint density at radius 3 is 2.17 bits per heavy atom. The molecule has 200 valence electrons. The SMILES string of the molecule is C1=Cc2nc(C3=CC=C(c4nc(-c5ccc(-c6ccc7ccccc7n6)cc5)c5ccccc5n4)CC3)ccc2CC1. The molecular formula is C38H28N4. The Bertz CT molecular complexity index is 2080. The van der Waals surface area contributed by atoms with E-state index in [0.717, 1.165) is 92.8 Å². The number of rotatable bonds is 4. The van der Waals surface area contributed by atoms with Crippen molar-refractivity contribution in [1.29, 1.82) is 0 Å². The molecular weight excluding hydrogens is 512 g/mol. The van der Waals surface area contributed by atoms with Crippen LogP contribution in [0.15, 0.2) is 115 Å². The van der Waals surface area contributed by atoms with E-state index in [1.807, 2.05) is 18.2 Å². The second-order valence-electron chi connectivity index (χ2n) is 10.9. The number of para-hydroxylation sites is 2. The van der Waals surface area contributed by atoms with Crippen LogP contribution in [0.2, 0.25) is 0 Å². The van der Waals surface area contributed by atoms with Crippen molar-refractivity contribution in [3.05, 3.63) is 138 Å². The molecule has 0 unspecified atom stereocenters. The zero-order valence-corrected chi connectivity index (χ0v) is 23.2. The van der Waals surface area contributed by atoms with Crippen molar-refractivity contribution in [3.63, 3.8) is 0 Å². The van der Waals surface area contributed by atoms with Gasteiger partial charge in [0.1, 0.15) is 0 Å². The van der Waals surface area contributed by atoms with Gasteiger partial charge in [0, 0.05) is 21.9 Å². The molecule has 3 aromatic carbocycles. The Hall–Kier alpha value is -5.22. The van der Waals surface area contributed by atoms with Crippen LogP contribution in [0.25, 0.3) is 61.5 Å². The third kappa shape index (κ3) is 4.51. The highest BCUT2D eigenvalue weighted by molar-refractivity contribution is 5.94. The number of aryl methyl sites for hydroxylation is 1. The lowest BCUT2D eigenvalue weighted by molar-refractivity contribution is 0.955. The average Bonchev–Trinajstić information content (AvgIpc) is 3.07. The van der Waals surface area contributed by atoms with Crippen LogP contribution < -0.4 is 0 Å². The van der Waals surface area contributed by atoms with E-state index >= 15 is 0 Å². The Morgan fingerprint density at radius 1 is 0.524 bits per heavy atom. The van der Waals surface area contributed by atoms with Crippen LogP contribution in [0, 0.1) is 0 Å². The molecule has 0 aliphatic heterocycles. The molecule has 4 heteroatoms. The Kier molecular flexibility index (Phi) is 6.03. The van der Waals surface area contributed by atoms with Gasteiger partial charge in [0.05, 0.1) is 33.8 Å². The van der Waals surface area contributed by atoms with Crippen molar-refractivity contribution in [2.75, 3.05) is 0 Å². The van der Waals surface area contributed by atoms with Crippen molar-refractivity contribution >= 4 is 39.0 Å². The predicted octanol–water partition coefficient (Wildman–Crippen LogP) is 9.13. The van der Waals surface area contributed by atoms with E-state index in [9.17, 15) is 0 Å². The van der Waals surface area contributed by atoms with Gasteiger partial charge in [-0.2, -0.15) is 0 Å². The number of nitrogens with zero attached hydrogens (tertiary/aromatic N) is 4. The maximum absolute atomic E-state index is 5.14.